The van der Waals surface area contributed by atoms with Gasteiger partial charge in [-0.25, -0.2) is 0 Å². The maximum absolute atomic E-state index is 12.9. The van der Waals surface area contributed by atoms with Gasteiger partial charge in [-0.2, -0.15) is 0 Å². The fourth-order valence-corrected chi connectivity index (χ4v) is 3.08. The fraction of sp³-hybridized carbons (Fsp3) is 0.611. The minimum absolute atomic E-state index is 0.0313. The summed E-state index contributed by atoms with van der Waals surface area (Å²) in [5, 5.41) is 3.78. The summed E-state index contributed by atoms with van der Waals surface area (Å²) < 4.78 is 11.1. The monoisotopic (exact) mass is 354 g/mol. The molecule has 1 N–H and O–H groups in total. The first-order chi connectivity index (χ1) is 11.5. The number of carbonyl (C=O) groups is 1. The van der Waals surface area contributed by atoms with Crippen LogP contribution in [0, 0.1) is 0 Å². The van der Waals surface area contributed by atoms with E-state index in [1.165, 1.54) is 0 Å². The molecule has 0 bridgehead atoms. The Hall–Kier alpha value is -1.46. The molecule has 0 saturated carbocycles. The van der Waals surface area contributed by atoms with Gasteiger partial charge in [0.2, 0.25) is 0 Å². The van der Waals surface area contributed by atoms with E-state index >= 15 is 0 Å². The highest BCUT2D eigenvalue weighted by Crippen LogP contribution is 2.37. The van der Waals surface area contributed by atoms with Crippen LogP contribution in [0.15, 0.2) is 12.1 Å². The first kappa shape index (κ1) is 18.9. The molecule has 1 aromatic rings. The summed E-state index contributed by atoms with van der Waals surface area (Å²) in [6.45, 7) is 8.28. The topological polar surface area (TPSA) is 50.8 Å². The summed E-state index contributed by atoms with van der Waals surface area (Å²) in [6.07, 6.45) is 1.98. The maximum atomic E-state index is 12.9. The summed E-state index contributed by atoms with van der Waals surface area (Å²) in [7, 11) is 1.56. The Morgan fingerprint density at radius 1 is 1.42 bits per heavy atom. The lowest BCUT2D eigenvalue weighted by molar-refractivity contribution is 0.0602. The first-order valence-corrected chi connectivity index (χ1v) is 8.92. The van der Waals surface area contributed by atoms with Crippen LogP contribution in [0.4, 0.5) is 0 Å². The molecule has 1 saturated heterocycles. The standard InChI is InChI=1S/C18H27ClN2O3/c1-5-6-9-24-17-15(19)10-14(11-16(17)23-4)18(22)21-8-7-20-12(2)13(21)3/h10-13,20H,5-9H2,1-4H3. The molecule has 1 aliphatic rings. The van der Waals surface area contributed by atoms with Crippen LogP contribution >= 0.6 is 11.6 Å². The maximum Gasteiger partial charge on any atom is 0.254 e. The third kappa shape index (κ3) is 4.14. The van der Waals surface area contributed by atoms with E-state index < -0.39 is 0 Å². The number of amides is 1. The lowest BCUT2D eigenvalue weighted by atomic mass is 10.0. The number of halogens is 1. The van der Waals surface area contributed by atoms with E-state index in [1.807, 2.05) is 4.90 Å². The van der Waals surface area contributed by atoms with Crippen LogP contribution in [0.3, 0.4) is 0 Å². The van der Waals surface area contributed by atoms with Crippen molar-refractivity contribution in [3.63, 3.8) is 0 Å². The summed E-state index contributed by atoms with van der Waals surface area (Å²) >= 11 is 6.35. The van der Waals surface area contributed by atoms with Crippen molar-refractivity contribution < 1.29 is 14.3 Å². The van der Waals surface area contributed by atoms with Crippen molar-refractivity contribution in [1.82, 2.24) is 10.2 Å². The van der Waals surface area contributed by atoms with Crippen molar-refractivity contribution in [3.8, 4) is 11.5 Å². The zero-order valence-corrected chi connectivity index (χ0v) is 15.7. The molecule has 5 nitrogen and oxygen atoms in total. The molecule has 0 aliphatic carbocycles. The molecule has 0 spiro atoms. The minimum Gasteiger partial charge on any atom is -0.493 e. The van der Waals surface area contributed by atoms with E-state index in [9.17, 15) is 4.79 Å². The molecule has 1 aromatic carbocycles. The molecule has 6 heteroatoms. The van der Waals surface area contributed by atoms with Gasteiger partial charge in [0.25, 0.3) is 5.91 Å². The van der Waals surface area contributed by atoms with E-state index in [0.717, 1.165) is 19.4 Å². The molecule has 24 heavy (non-hydrogen) atoms. The number of methoxy groups -OCH3 is 1. The zero-order chi connectivity index (χ0) is 17.7. The zero-order valence-electron chi connectivity index (χ0n) is 14.9. The van der Waals surface area contributed by atoms with Gasteiger partial charge in [0.15, 0.2) is 11.5 Å². The molecule has 134 valence electrons. The van der Waals surface area contributed by atoms with Gasteiger partial charge in [0.05, 0.1) is 18.7 Å². The summed E-state index contributed by atoms with van der Waals surface area (Å²) in [5.41, 5.74) is 0.528. The molecule has 1 fully saturated rings. The molecule has 2 rings (SSSR count). The van der Waals surface area contributed by atoms with Crippen LogP contribution in [0.5, 0.6) is 11.5 Å². The minimum atomic E-state index is -0.0313. The van der Waals surface area contributed by atoms with Crippen LogP contribution in [0.2, 0.25) is 5.02 Å². The quantitative estimate of drug-likeness (QED) is 0.796. The van der Waals surface area contributed by atoms with E-state index in [1.54, 1.807) is 19.2 Å². The van der Waals surface area contributed by atoms with Crippen LogP contribution in [0.1, 0.15) is 44.0 Å². The van der Waals surface area contributed by atoms with Crippen molar-refractivity contribution >= 4 is 17.5 Å². The van der Waals surface area contributed by atoms with Gasteiger partial charge < -0.3 is 19.7 Å². The summed E-state index contributed by atoms with van der Waals surface area (Å²) in [4.78, 5) is 14.8. The average Bonchev–Trinajstić information content (AvgIpc) is 2.58. The van der Waals surface area contributed by atoms with Crippen molar-refractivity contribution in [1.29, 1.82) is 0 Å². The Bertz CT molecular complexity index is 580. The number of nitrogens with zero attached hydrogens (tertiary/aromatic N) is 1. The van der Waals surface area contributed by atoms with Gasteiger partial charge in [0.1, 0.15) is 0 Å². The normalized spacial score (nSPS) is 20.8. The number of hydrogen-bond donors (Lipinski definition) is 1. The van der Waals surface area contributed by atoms with E-state index in [-0.39, 0.29) is 18.0 Å². The number of nitrogens with one attached hydrogen (secondary N) is 1. The summed E-state index contributed by atoms with van der Waals surface area (Å²) in [5.74, 6) is 0.972. The smallest absolute Gasteiger partial charge is 0.254 e. The van der Waals surface area contributed by atoms with Gasteiger partial charge in [-0.15, -0.1) is 0 Å². The van der Waals surface area contributed by atoms with Gasteiger partial charge >= 0.3 is 0 Å². The number of hydrogen-bond acceptors (Lipinski definition) is 4. The first-order valence-electron chi connectivity index (χ1n) is 8.54. The van der Waals surface area contributed by atoms with Crippen molar-refractivity contribution in [2.24, 2.45) is 0 Å². The number of ether oxygens (including phenoxy) is 2. The lowest BCUT2D eigenvalue weighted by Gasteiger charge is -2.38. The van der Waals surface area contributed by atoms with Gasteiger partial charge in [-0.1, -0.05) is 24.9 Å². The molecule has 1 amide bonds. The summed E-state index contributed by atoms with van der Waals surface area (Å²) in [6, 6.07) is 3.77. The predicted octanol–water partition coefficient (Wildman–Crippen LogP) is 3.35. The second-order valence-electron chi connectivity index (χ2n) is 6.17. The van der Waals surface area contributed by atoms with Gasteiger partial charge in [0, 0.05) is 30.7 Å². The molecular weight excluding hydrogens is 328 g/mol. The third-order valence-electron chi connectivity index (χ3n) is 4.52. The Kier molecular flexibility index (Phi) is 6.75. The Balaban J connectivity index is 2.24. The van der Waals surface area contributed by atoms with Gasteiger partial charge in [-0.3, -0.25) is 4.79 Å². The molecular formula is C18H27ClN2O3. The highest BCUT2D eigenvalue weighted by molar-refractivity contribution is 6.32. The lowest BCUT2D eigenvalue weighted by Crippen LogP contribution is -2.57. The number of benzene rings is 1. The Morgan fingerprint density at radius 2 is 2.17 bits per heavy atom. The van der Waals surface area contributed by atoms with Crippen molar-refractivity contribution in [2.45, 2.75) is 45.7 Å². The Labute approximate surface area is 149 Å². The van der Waals surface area contributed by atoms with Gasteiger partial charge in [-0.05, 0) is 32.4 Å². The third-order valence-corrected chi connectivity index (χ3v) is 4.80. The molecule has 2 atom stereocenters. The fourth-order valence-electron chi connectivity index (χ4n) is 2.81. The Morgan fingerprint density at radius 3 is 2.83 bits per heavy atom. The predicted molar refractivity (Wildman–Crippen MR) is 96.4 cm³/mol. The second-order valence-corrected chi connectivity index (χ2v) is 6.58. The highest BCUT2D eigenvalue weighted by atomic mass is 35.5. The van der Waals surface area contributed by atoms with Crippen LogP contribution in [-0.4, -0.2) is 49.7 Å². The van der Waals surface area contributed by atoms with E-state index in [0.29, 0.717) is 35.2 Å². The van der Waals surface area contributed by atoms with Crippen molar-refractivity contribution in [3.05, 3.63) is 22.7 Å². The molecule has 2 unspecified atom stereocenters. The number of carbonyl (C=O) groups excluding carboxylic acids is 1. The molecule has 0 aromatic heterocycles. The van der Waals surface area contributed by atoms with E-state index in [2.05, 4.69) is 26.1 Å². The van der Waals surface area contributed by atoms with Crippen LogP contribution in [0.25, 0.3) is 0 Å². The van der Waals surface area contributed by atoms with Crippen LogP contribution in [-0.2, 0) is 0 Å². The number of unbranched alkanes of at least 4 members (excludes halogenated alkanes) is 1. The number of rotatable bonds is 6. The SMILES string of the molecule is CCCCOc1c(Cl)cc(C(=O)N2CCNC(C)C2C)cc1OC. The number of piperazine rings is 1. The van der Waals surface area contributed by atoms with E-state index in [4.69, 9.17) is 21.1 Å². The van der Waals surface area contributed by atoms with Crippen LogP contribution < -0.4 is 14.8 Å². The molecule has 1 heterocycles. The average molecular weight is 355 g/mol. The molecule has 0 radical (unpaired) electrons. The largest absolute Gasteiger partial charge is 0.493 e. The van der Waals surface area contributed by atoms with Crippen molar-refractivity contribution in [2.75, 3.05) is 26.8 Å². The second kappa shape index (κ2) is 8.58. The highest BCUT2D eigenvalue weighted by Gasteiger charge is 2.29. The molecule has 1 aliphatic heterocycles.